The Kier molecular flexibility index (Phi) is 2.08. The van der Waals surface area contributed by atoms with Gasteiger partial charge in [0.2, 0.25) is 5.91 Å². The third-order valence-corrected chi connectivity index (χ3v) is 1.62. The summed E-state index contributed by atoms with van der Waals surface area (Å²) < 4.78 is 0. The van der Waals surface area contributed by atoms with E-state index < -0.39 is 0 Å². The average molecular weight is 152 g/mol. The minimum Gasteiger partial charge on any atom is -0.309 e. The van der Waals surface area contributed by atoms with Crippen LogP contribution >= 0.6 is 0 Å². The molecule has 0 bridgehead atoms. The minimum atomic E-state index is -0.193. The van der Waals surface area contributed by atoms with E-state index in [0.29, 0.717) is 5.84 Å². The second-order valence-corrected chi connectivity index (χ2v) is 2.67. The molecule has 0 fully saturated rings. The predicted molar refractivity (Wildman–Crippen MR) is 44.5 cm³/mol. The summed E-state index contributed by atoms with van der Waals surface area (Å²) in [6, 6.07) is -0.193. The molecule has 0 aromatic heterocycles. The van der Waals surface area contributed by atoms with Crippen molar-refractivity contribution in [3.05, 3.63) is 12.2 Å². The van der Waals surface area contributed by atoms with Crippen LogP contribution in [0.5, 0.6) is 0 Å². The molecule has 60 valence electrons. The number of nitrogens with one attached hydrogen (secondary N) is 1. The molecule has 3 heteroatoms. The first-order chi connectivity index (χ1) is 5.15. The normalized spacial score (nSPS) is 22.9. The van der Waals surface area contributed by atoms with Crippen molar-refractivity contribution in [1.29, 1.82) is 0 Å². The van der Waals surface area contributed by atoms with Gasteiger partial charge in [-0.2, -0.15) is 0 Å². The van der Waals surface area contributed by atoms with Gasteiger partial charge >= 0.3 is 0 Å². The van der Waals surface area contributed by atoms with Crippen LogP contribution in [0.4, 0.5) is 0 Å². The lowest BCUT2D eigenvalue weighted by Gasteiger charge is -1.96. The highest BCUT2D eigenvalue weighted by Gasteiger charge is 2.23. The Morgan fingerprint density at radius 3 is 2.73 bits per heavy atom. The number of hydrogen-bond donors (Lipinski definition) is 1. The zero-order valence-corrected chi connectivity index (χ0v) is 6.85. The number of rotatable bonds is 2. The van der Waals surface area contributed by atoms with E-state index in [4.69, 9.17) is 0 Å². The number of carbonyl (C=O) groups excluding carboxylic acids is 1. The zero-order valence-electron chi connectivity index (χ0n) is 6.85. The topological polar surface area (TPSA) is 41.5 Å². The van der Waals surface area contributed by atoms with Crippen LogP contribution in [0.25, 0.3) is 0 Å². The molecule has 1 unspecified atom stereocenters. The summed E-state index contributed by atoms with van der Waals surface area (Å²) in [6.45, 7) is 7.46. The lowest BCUT2D eigenvalue weighted by Crippen LogP contribution is -2.28. The molecule has 3 nitrogen and oxygen atoms in total. The van der Waals surface area contributed by atoms with E-state index in [-0.39, 0.29) is 11.9 Å². The van der Waals surface area contributed by atoms with Crippen LogP contribution in [0.15, 0.2) is 17.1 Å². The second kappa shape index (κ2) is 2.86. The van der Waals surface area contributed by atoms with Crippen LogP contribution in [-0.2, 0) is 4.79 Å². The maximum absolute atomic E-state index is 11.1. The molecule has 1 rings (SSSR count). The van der Waals surface area contributed by atoms with Gasteiger partial charge in [0, 0.05) is 0 Å². The predicted octanol–water partition coefficient (Wildman–Crippen LogP) is 0.869. The first-order valence-corrected chi connectivity index (χ1v) is 3.69. The van der Waals surface area contributed by atoms with Crippen molar-refractivity contribution in [3.8, 4) is 0 Å². The van der Waals surface area contributed by atoms with Gasteiger partial charge in [-0.1, -0.05) is 13.5 Å². The number of aliphatic imine (C=N–C) groups is 1. The summed E-state index contributed by atoms with van der Waals surface area (Å²) in [5.41, 5.74) is 0.814. The van der Waals surface area contributed by atoms with Gasteiger partial charge in [-0.3, -0.25) is 9.79 Å². The van der Waals surface area contributed by atoms with E-state index in [1.54, 1.807) is 0 Å². The van der Waals surface area contributed by atoms with Gasteiger partial charge in [0.25, 0.3) is 0 Å². The van der Waals surface area contributed by atoms with Crippen LogP contribution in [0.1, 0.15) is 20.3 Å². The molecule has 0 saturated heterocycles. The standard InChI is InChI=1S/C8H12N2O/c1-4-6-8(11)10-7(9-6)5(2)3/h6H,2,4H2,1,3H3,(H,9,10,11). The summed E-state index contributed by atoms with van der Waals surface area (Å²) in [4.78, 5) is 15.2. The Morgan fingerprint density at radius 1 is 1.82 bits per heavy atom. The molecule has 1 heterocycles. The molecule has 1 amide bonds. The van der Waals surface area contributed by atoms with Crippen molar-refractivity contribution in [1.82, 2.24) is 5.32 Å². The Labute approximate surface area is 66.2 Å². The molecule has 0 aromatic rings. The van der Waals surface area contributed by atoms with Gasteiger partial charge < -0.3 is 5.32 Å². The number of hydrogen-bond acceptors (Lipinski definition) is 2. The van der Waals surface area contributed by atoms with Gasteiger partial charge in [-0.25, -0.2) is 0 Å². The maximum Gasteiger partial charge on any atom is 0.250 e. The molecule has 0 aliphatic carbocycles. The second-order valence-electron chi connectivity index (χ2n) is 2.67. The average Bonchev–Trinajstić information content (AvgIpc) is 2.31. The van der Waals surface area contributed by atoms with E-state index >= 15 is 0 Å². The first kappa shape index (κ1) is 7.98. The van der Waals surface area contributed by atoms with E-state index in [9.17, 15) is 4.79 Å². The highest BCUT2D eigenvalue weighted by Crippen LogP contribution is 2.07. The van der Waals surface area contributed by atoms with Crippen molar-refractivity contribution in [2.24, 2.45) is 4.99 Å². The van der Waals surface area contributed by atoms with E-state index in [0.717, 1.165) is 12.0 Å². The quantitative estimate of drug-likeness (QED) is 0.626. The Bertz CT molecular complexity index is 230. The van der Waals surface area contributed by atoms with E-state index in [1.807, 2.05) is 13.8 Å². The Hall–Kier alpha value is -1.12. The molecule has 1 aliphatic rings. The van der Waals surface area contributed by atoms with Gasteiger partial charge in [0.15, 0.2) is 0 Å². The zero-order chi connectivity index (χ0) is 8.43. The molecule has 0 aromatic carbocycles. The molecule has 1 N–H and O–H groups in total. The fraction of sp³-hybridized carbons (Fsp3) is 0.500. The fourth-order valence-corrected chi connectivity index (χ4v) is 0.940. The van der Waals surface area contributed by atoms with Crippen LogP contribution in [-0.4, -0.2) is 17.8 Å². The van der Waals surface area contributed by atoms with Crippen molar-refractivity contribution >= 4 is 11.7 Å². The maximum atomic E-state index is 11.1. The third-order valence-electron chi connectivity index (χ3n) is 1.62. The van der Waals surface area contributed by atoms with Crippen LogP contribution < -0.4 is 5.32 Å². The van der Waals surface area contributed by atoms with Crippen LogP contribution in [0.2, 0.25) is 0 Å². The van der Waals surface area contributed by atoms with Crippen molar-refractivity contribution in [3.63, 3.8) is 0 Å². The van der Waals surface area contributed by atoms with Gasteiger partial charge in [0.1, 0.15) is 11.9 Å². The SMILES string of the molecule is C=C(C)C1=NC(CC)C(=O)N1. The molecular formula is C8H12N2O. The smallest absolute Gasteiger partial charge is 0.250 e. The summed E-state index contributed by atoms with van der Waals surface area (Å²) in [7, 11) is 0. The Morgan fingerprint density at radius 2 is 2.45 bits per heavy atom. The molecule has 1 atom stereocenters. The van der Waals surface area contributed by atoms with Crippen molar-refractivity contribution in [2.75, 3.05) is 0 Å². The van der Waals surface area contributed by atoms with Gasteiger partial charge in [0.05, 0.1) is 0 Å². The molecule has 0 spiro atoms. The Balaban J connectivity index is 2.75. The molecular weight excluding hydrogens is 140 g/mol. The lowest BCUT2D eigenvalue weighted by atomic mass is 10.2. The number of nitrogens with zero attached hydrogens (tertiary/aromatic N) is 1. The molecule has 0 radical (unpaired) electrons. The van der Waals surface area contributed by atoms with Crippen LogP contribution in [0.3, 0.4) is 0 Å². The summed E-state index contributed by atoms with van der Waals surface area (Å²) in [5, 5.41) is 2.67. The van der Waals surface area contributed by atoms with Gasteiger partial charge in [-0.05, 0) is 18.9 Å². The minimum absolute atomic E-state index is 0.00880. The highest BCUT2D eigenvalue weighted by molar-refractivity contribution is 6.12. The molecule has 1 aliphatic heterocycles. The van der Waals surface area contributed by atoms with E-state index in [2.05, 4.69) is 16.9 Å². The fourth-order valence-electron chi connectivity index (χ4n) is 0.940. The number of carbonyl (C=O) groups is 1. The third kappa shape index (κ3) is 1.48. The molecule has 0 saturated carbocycles. The summed E-state index contributed by atoms with van der Waals surface area (Å²) in [6.07, 6.45) is 0.753. The van der Waals surface area contributed by atoms with Crippen molar-refractivity contribution < 1.29 is 4.79 Å². The lowest BCUT2D eigenvalue weighted by molar-refractivity contribution is -0.120. The monoisotopic (exact) mass is 152 g/mol. The highest BCUT2D eigenvalue weighted by atomic mass is 16.2. The summed E-state index contributed by atoms with van der Waals surface area (Å²) in [5.74, 6) is 0.632. The summed E-state index contributed by atoms with van der Waals surface area (Å²) >= 11 is 0. The van der Waals surface area contributed by atoms with Crippen LogP contribution in [0, 0.1) is 0 Å². The molecule has 11 heavy (non-hydrogen) atoms. The largest absolute Gasteiger partial charge is 0.309 e. The first-order valence-electron chi connectivity index (χ1n) is 3.69. The number of amides is 1. The van der Waals surface area contributed by atoms with Gasteiger partial charge in [-0.15, -0.1) is 0 Å². The van der Waals surface area contributed by atoms with Crippen molar-refractivity contribution in [2.45, 2.75) is 26.3 Å². The number of amidine groups is 1. The van der Waals surface area contributed by atoms with E-state index in [1.165, 1.54) is 0 Å².